The Hall–Kier alpha value is -1.83. The number of hydrogen-bond donors (Lipinski definition) is 2. The van der Waals surface area contributed by atoms with Gasteiger partial charge in [-0.2, -0.15) is 0 Å². The van der Waals surface area contributed by atoms with Gasteiger partial charge in [-0.15, -0.1) is 0 Å². The van der Waals surface area contributed by atoms with Crippen LogP contribution >= 0.6 is 0 Å². The highest BCUT2D eigenvalue weighted by molar-refractivity contribution is 5.96. The highest BCUT2D eigenvalue weighted by atomic mass is 16.2. The molecule has 0 aliphatic rings. The summed E-state index contributed by atoms with van der Waals surface area (Å²) in [6, 6.07) is 7.16. The molecule has 4 nitrogen and oxygen atoms in total. The van der Waals surface area contributed by atoms with Crippen molar-refractivity contribution in [2.75, 3.05) is 33.8 Å². The zero-order chi connectivity index (χ0) is 15.9. The molecule has 1 aromatic rings. The van der Waals surface area contributed by atoms with Crippen molar-refractivity contribution >= 4 is 5.91 Å². The van der Waals surface area contributed by atoms with Gasteiger partial charge in [0.25, 0.3) is 5.91 Å². The van der Waals surface area contributed by atoms with E-state index in [1.54, 1.807) is 12.1 Å². The minimum atomic E-state index is -0.216. The van der Waals surface area contributed by atoms with E-state index in [4.69, 9.17) is 5.11 Å². The lowest BCUT2D eigenvalue weighted by atomic mass is 9.92. The molecule has 0 unspecified atom stereocenters. The smallest absolute Gasteiger partial charge is 0.252 e. The zero-order valence-corrected chi connectivity index (χ0v) is 13.2. The number of carbonyl (C=O) groups is 1. The quantitative estimate of drug-likeness (QED) is 0.804. The molecule has 0 heterocycles. The number of aliphatic hydroxyl groups is 1. The van der Waals surface area contributed by atoms with E-state index in [0.29, 0.717) is 17.7 Å². The Kier molecular flexibility index (Phi) is 6.41. The molecule has 0 bridgehead atoms. The average molecular weight is 288 g/mol. The molecule has 0 saturated heterocycles. The highest BCUT2D eigenvalue weighted by Gasteiger charge is 2.20. The molecule has 0 aromatic heterocycles. The third-order valence-electron chi connectivity index (χ3n) is 2.95. The Morgan fingerprint density at radius 3 is 2.62 bits per heavy atom. The molecule has 0 aliphatic carbocycles. The fraction of sp³-hybridized carbons (Fsp3) is 0.471. The van der Waals surface area contributed by atoms with Crippen LogP contribution in [-0.2, 0) is 0 Å². The largest absolute Gasteiger partial charge is 0.384 e. The van der Waals surface area contributed by atoms with Crippen molar-refractivity contribution in [3.63, 3.8) is 0 Å². The summed E-state index contributed by atoms with van der Waals surface area (Å²) >= 11 is 0. The SMILES string of the molecule is CN(C)CC(C)(C)CNC(=O)c1ccccc1C#CCO. The summed E-state index contributed by atoms with van der Waals surface area (Å²) in [6.07, 6.45) is 0. The van der Waals surface area contributed by atoms with Crippen LogP contribution < -0.4 is 5.32 Å². The molecule has 1 rings (SSSR count). The van der Waals surface area contributed by atoms with Gasteiger partial charge >= 0.3 is 0 Å². The Labute approximate surface area is 127 Å². The number of rotatable bonds is 5. The van der Waals surface area contributed by atoms with Gasteiger partial charge in [0.15, 0.2) is 0 Å². The number of hydrogen-bond acceptors (Lipinski definition) is 3. The summed E-state index contributed by atoms with van der Waals surface area (Å²) in [5.41, 5.74) is 1.17. The maximum Gasteiger partial charge on any atom is 0.252 e. The first kappa shape index (κ1) is 17.2. The van der Waals surface area contributed by atoms with Crippen molar-refractivity contribution in [1.82, 2.24) is 10.2 Å². The van der Waals surface area contributed by atoms with Gasteiger partial charge in [0, 0.05) is 18.7 Å². The van der Waals surface area contributed by atoms with Crippen molar-refractivity contribution in [1.29, 1.82) is 0 Å². The van der Waals surface area contributed by atoms with E-state index in [1.807, 2.05) is 26.2 Å². The third-order valence-corrected chi connectivity index (χ3v) is 2.95. The standard InChI is InChI=1S/C17H24N2O2/c1-17(2,13-19(3)4)12-18-16(21)15-10-6-5-8-14(15)9-7-11-20/h5-6,8,10,20H,11-13H2,1-4H3,(H,18,21). The van der Waals surface area contributed by atoms with Gasteiger partial charge in [-0.3, -0.25) is 4.79 Å². The third kappa shape index (κ3) is 5.99. The number of aliphatic hydroxyl groups excluding tert-OH is 1. The number of nitrogens with one attached hydrogen (secondary N) is 1. The van der Waals surface area contributed by atoms with Crippen molar-refractivity contribution in [2.45, 2.75) is 13.8 Å². The second kappa shape index (κ2) is 7.82. The zero-order valence-electron chi connectivity index (χ0n) is 13.2. The molecule has 0 spiro atoms. The summed E-state index contributed by atoms with van der Waals surface area (Å²) in [5, 5.41) is 11.7. The predicted octanol–water partition coefficient (Wildman–Crippen LogP) is 1.35. The van der Waals surface area contributed by atoms with Crippen molar-refractivity contribution in [3.05, 3.63) is 35.4 Å². The molecule has 0 saturated carbocycles. The molecule has 0 aliphatic heterocycles. The van der Waals surface area contributed by atoms with Crippen LogP contribution in [0.3, 0.4) is 0 Å². The molecular formula is C17H24N2O2. The summed E-state index contributed by atoms with van der Waals surface area (Å²) in [4.78, 5) is 14.4. The van der Waals surface area contributed by atoms with Gasteiger partial charge in [-0.05, 0) is 31.6 Å². The van der Waals surface area contributed by atoms with Crippen LogP contribution in [0.2, 0.25) is 0 Å². The first-order valence-electron chi connectivity index (χ1n) is 6.97. The second-order valence-electron chi connectivity index (χ2n) is 6.09. The maximum absolute atomic E-state index is 12.3. The Morgan fingerprint density at radius 2 is 2.00 bits per heavy atom. The minimum absolute atomic E-state index is 0.00905. The number of benzene rings is 1. The monoisotopic (exact) mass is 288 g/mol. The fourth-order valence-electron chi connectivity index (χ4n) is 2.25. The van der Waals surface area contributed by atoms with Crippen LogP contribution in [0.5, 0.6) is 0 Å². The minimum Gasteiger partial charge on any atom is -0.384 e. The first-order valence-corrected chi connectivity index (χ1v) is 6.97. The van der Waals surface area contributed by atoms with E-state index < -0.39 is 0 Å². The molecule has 0 fully saturated rings. The van der Waals surface area contributed by atoms with Gasteiger partial charge in [-0.1, -0.05) is 37.8 Å². The normalized spacial score (nSPS) is 11.0. The van der Waals surface area contributed by atoms with Gasteiger partial charge in [0.05, 0.1) is 5.56 Å². The van der Waals surface area contributed by atoms with Crippen LogP contribution in [0, 0.1) is 17.3 Å². The number of nitrogens with zero attached hydrogens (tertiary/aromatic N) is 1. The lowest BCUT2D eigenvalue weighted by molar-refractivity contribution is 0.0929. The molecular weight excluding hydrogens is 264 g/mol. The number of carbonyl (C=O) groups excluding carboxylic acids is 1. The van der Waals surface area contributed by atoms with Crippen molar-refractivity contribution in [2.24, 2.45) is 5.41 Å². The van der Waals surface area contributed by atoms with Gasteiger partial charge in [0.1, 0.15) is 6.61 Å². The lowest BCUT2D eigenvalue weighted by Crippen LogP contribution is -2.40. The van der Waals surface area contributed by atoms with Crippen LogP contribution in [0.1, 0.15) is 29.8 Å². The molecule has 114 valence electrons. The molecule has 21 heavy (non-hydrogen) atoms. The van der Waals surface area contributed by atoms with E-state index in [0.717, 1.165) is 6.54 Å². The van der Waals surface area contributed by atoms with E-state index in [2.05, 4.69) is 35.9 Å². The molecule has 1 amide bonds. The summed E-state index contributed by atoms with van der Waals surface area (Å²) in [7, 11) is 4.03. The van der Waals surface area contributed by atoms with E-state index >= 15 is 0 Å². The van der Waals surface area contributed by atoms with E-state index in [1.165, 1.54) is 0 Å². The number of amides is 1. The molecule has 1 aromatic carbocycles. The Balaban J connectivity index is 2.77. The predicted molar refractivity (Wildman–Crippen MR) is 85.1 cm³/mol. The average Bonchev–Trinajstić information content (AvgIpc) is 2.41. The molecule has 0 atom stereocenters. The van der Waals surface area contributed by atoms with E-state index in [-0.39, 0.29) is 17.9 Å². The Bertz CT molecular complexity index is 539. The molecule has 4 heteroatoms. The van der Waals surface area contributed by atoms with Crippen molar-refractivity contribution < 1.29 is 9.90 Å². The second-order valence-corrected chi connectivity index (χ2v) is 6.09. The Morgan fingerprint density at radius 1 is 1.33 bits per heavy atom. The lowest BCUT2D eigenvalue weighted by Gasteiger charge is -2.28. The molecule has 0 radical (unpaired) electrons. The maximum atomic E-state index is 12.3. The van der Waals surface area contributed by atoms with Crippen LogP contribution in [-0.4, -0.2) is 49.7 Å². The fourth-order valence-corrected chi connectivity index (χ4v) is 2.25. The van der Waals surface area contributed by atoms with Gasteiger partial charge in [0.2, 0.25) is 0 Å². The molecule has 2 N–H and O–H groups in total. The van der Waals surface area contributed by atoms with Crippen LogP contribution in [0.15, 0.2) is 24.3 Å². The highest BCUT2D eigenvalue weighted by Crippen LogP contribution is 2.15. The first-order chi connectivity index (χ1) is 9.85. The van der Waals surface area contributed by atoms with Gasteiger partial charge < -0.3 is 15.3 Å². The topological polar surface area (TPSA) is 52.6 Å². The van der Waals surface area contributed by atoms with Gasteiger partial charge in [-0.25, -0.2) is 0 Å². The van der Waals surface area contributed by atoms with E-state index in [9.17, 15) is 4.79 Å². The summed E-state index contributed by atoms with van der Waals surface area (Å²) in [5.74, 6) is 5.25. The summed E-state index contributed by atoms with van der Waals surface area (Å²) in [6.45, 7) is 5.49. The van der Waals surface area contributed by atoms with Crippen molar-refractivity contribution in [3.8, 4) is 11.8 Å². The van der Waals surface area contributed by atoms with Crippen LogP contribution in [0.25, 0.3) is 0 Å². The summed E-state index contributed by atoms with van der Waals surface area (Å²) < 4.78 is 0. The van der Waals surface area contributed by atoms with Crippen LogP contribution in [0.4, 0.5) is 0 Å².